The van der Waals surface area contributed by atoms with Gasteiger partial charge in [0.25, 0.3) is 5.91 Å². The second-order valence-electron chi connectivity index (χ2n) is 6.47. The Hall–Kier alpha value is -1.99. The van der Waals surface area contributed by atoms with Crippen molar-refractivity contribution in [2.24, 2.45) is 0 Å². The number of carbonyl (C=O) groups excluding carboxylic acids is 1. The summed E-state index contributed by atoms with van der Waals surface area (Å²) in [7, 11) is -3.20. The quantitative estimate of drug-likeness (QED) is 0.836. The Morgan fingerprint density at radius 1 is 1.16 bits per heavy atom. The van der Waals surface area contributed by atoms with E-state index in [0.717, 1.165) is 28.6 Å². The predicted molar refractivity (Wildman–Crippen MR) is 98.2 cm³/mol. The summed E-state index contributed by atoms with van der Waals surface area (Å²) in [5.41, 5.74) is 3.42. The zero-order chi connectivity index (χ0) is 18.2. The van der Waals surface area contributed by atoms with Gasteiger partial charge in [0.15, 0.2) is 0 Å². The average Bonchev–Trinajstić information content (AvgIpc) is 2.59. The normalized spacial score (nSPS) is 16.4. The highest BCUT2D eigenvalue weighted by Gasteiger charge is 2.27. The van der Waals surface area contributed by atoms with Gasteiger partial charge in [0, 0.05) is 37.3 Å². The molecule has 0 N–H and O–H groups in total. The predicted octanol–water partition coefficient (Wildman–Crippen LogP) is 1.82. The molecule has 134 valence electrons. The number of piperazine rings is 1. The van der Waals surface area contributed by atoms with E-state index in [9.17, 15) is 13.2 Å². The second-order valence-corrected chi connectivity index (χ2v) is 8.45. The van der Waals surface area contributed by atoms with Crippen molar-refractivity contribution in [2.45, 2.75) is 20.3 Å². The van der Waals surface area contributed by atoms with Gasteiger partial charge < -0.3 is 4.90 Å². The third kappa shape index (κ3) is 3.67. The molecule has 1 aliphatic rings. The molecule has 1 fully saturated rings. The highest BCUT2D eigenvalue weighted by molar-refractivity contribution is 7.88. The topological polar surface area (TPSA) is 70.6 Å². The summed E-state index contributed by atoms with van der Waals surface area (Å²) in [4.78, 5) is 19.3. The number of amides is 1. The monoisotopic (exact) mass is 361 g/mol. The van der Waals surface area contributed by atoms with Crippen molar-refractivity contribution in [3.8, 4) is 0 Å². The molecule has 3 rings (SSSR count). The van der Waals surface area contributed by atoms with Crippen LogP contribution in [0.4, 0.5) is 0 Å². The number of nitrogens with zero attached hydrogens (tertiary/aromatic N) is 3. The minimum Gasteiger partial charge on any atom is -0.336 e. The summed E-state index contributed by atoms with van der Waals surface area (Å²) in [6, 6.07) is 7.85. The van der Waals surface area contributed by atoms with Crippen LogP contribution in [0.2, 0.25) is 0 Å². The lowest BCUT2D eigenvalue weighted by Gasteiger charge is -2.33. The molecule has 0 unspecified atom stereocenters. The van der Waals surface area contributed by atoms with Gasteiger partial charge in [0.05, 0.1) is 17.3 Å². The molecule has 6 nitrogen and oxygen atoms in total. The van der Waals surface area contributed by atoms with Gasteiger partial charge in [-0.2, -0.15) is 4.31 Å². The molecule has 1 amide bonds. The molecule has 25 heavy (non-hydrogen) atoms. The van der Waals surface area contributed by atoms with Gasteiger partial charge >= 0.3 is 0 Å². The van der Waals surface area contributed by atoms with Crippen LogP contribution in [0.3, 0.4) is 0 Å². The zero-order valence-electron chi connectivity index (χ0n) is 14.8. The van der Waals surface area contributed by atoms with Gasteiger partial charge in [0.2, 0.25) is 10.0 Å². The number of carbonyl (C=O) groups is 1. The van der Waals surface area contributed by atoms with Crippen molar-refractivity contribution in [1.29, 1.82) is 0 Å². The van der Waals surface area contributed by atoms with Gasteiger partial charge in [-0.15, -0.1) is 0 Å². The Bertz CT molecular complexity index is 917. The molecule has 0 bridgehead atoms. The Morgan fingerprint density at radius 3 is 2.44 bits per heavy atom. The molecule has 2 aromatic rings. The lowest BCUT2D eigenvalue weighted by atomic mass is 10.0. The maximum absolute atomic E-state index is 13.1. The fraction of sp³-hybridized carbons (Fsp3) is 0.444. The first-order valence-corrected chi connectivity index (χ1v) is 10.3. The van der Waals surface area contributed by atoms with Gasteiger partial charge in [0.1, 0.15) is 0 Å². The summed E-state index contributed by atoms with van der Waals surface area (Å²) < 4.78 is 24.7. The number of aryl methyl sites for hydroxylation is 2. The third-order valence-electron chi connectivity index (χ3n) is 4.63. The first-order chi connectivity index (χ1) is 11.8. The van der Waals surface area contributed by atoms with Crippen LogP contribution in [0, 0.1) is 6.92 Å². The SMILES string of the molecule is CCc1ccc2nc(C)cc(C(=O)N3CCN(S(C)(=O)=O)CC3)c2c1. The minimum absolute atomic E-state index is 0.0584. The Morgan fingerprint density at radius 2 is 1.84 bits per heavy atom. The standard InChI is InChI=1S/C18H23N3O3S/c1-4-14-5-6-17-15(12-14)16(11-13(2)19-17)18(22)20-7-9-21(10-8-20)25(3,23)24/h5-6,11-12H,4,7-10H2,1-3H3. The van der Waals surface area contributed by atoms with E-state index in [4.69, 9.17) is 0 Å². The molecule has 0 aliphatic carbocycles. The van der Waals surface area contributed by atoms with Gasteiger partial charge in [-0.25, -0.2) is 8.42 Å². The lowest BCUT2D eigenvalue weighted by molar-refractivity contribution is 0.0700. The number of hydrogen-bond donors (Lipinski definition) is 0. The number of fused-ring (bicyclic) bond motifs is 1. The number of sulfonamides is 1. The molecule has 0 saturated carbocycles. The first kappa shape index (κ1) is 17.8. The van der Waals surface area contributed by atoms with E-state index >= 15 is 0 Å². The molecule has 1 aliphatic heterocycles. The zero-order valence-corrected chi connectivity index (χ0v) is 15.6. The molecule has 2 heterocycles. The number of hydrogen-bond acceptors (Lipinski definition) is 4. The summed E-state index contributed by atoms with van der Waals surface area (Å²) in [6.07, 6.45) is 2.10. The van der Waals surface area contributed by atoms with E-state index in [0.29, 0.717) is 31.7 Å². The lowest BCUT2D eigenvalue weighted by Crippen LogP contribution is -2.50. The van der Waals surface area contributed by atoms with Gasteiger partial charge in [-0.1, -0.05) is 13.0 Å². The van der Waals surface area contributed by atoms with Crippen LogP contribution in [0.5, 0.6) is 0 Å². The number of rotatable bonds is 3. The van der Waals surface area contributed by atoms with Crippen molar-refractivity contribution < 1.29 is 13.2 Å². The number of benzene rings is 1. The maximum atomic E-state index is 13.1. The second kappa shape index (κ2) is 6.72. The van der Waals surface area contributed by atoms with Crippen LogP contribution in [-0.2, 0) is 16.4 Å². The third-order valence-corrected chi connectivity index (χ3v) is 5.94. The van der Waals surface area contributed by atoms with E-state index in [-0.39, 0.29) is 5.91 Å². The van der Waals surface area contributed by atoms with Gasteiger partial charge in [-0.05, 0) is 37.1 Å². The largest absolute Gasteiger partial charge is 0.336 e. The van der Waals surface area contributed by atoms with Gasteiger partial charge in [-0.3, -0.25) is 9.78 Å². The fourth-order valence-electron chi connectivity index (χ4n) is 3.20. The fourth-order valence-corrected chi connectivity index (χ4v) is 4.02. The van der Waals surface area contributed by atoms with Crippen molar-refractivity contribution in [1.82, 2.24) is 14.2 Å². The first-order valence-electron chi connectivity index (χ1n) is 8.44. The van der Waals surface area contributed by atoms with E-state index in [2.05, 4.69) is 11.9 Å². The van der Waals surface area contributed by atoms with Crippen molar-refractivity contribution in [2.75, 3.05) is 32.4 Å². The molecule has 7 heteroatoms. The van der Waals surface area contributed by atoms with Crippen LogP contribution in [-0.4, -0.2) is 60.9 Å². The smallest absolute Gasteiger partial charge is 0.254 e. The van der Waals surface area contributed by atoms with Crippen LogP contribution in [0.15, 0.2) is 24.3 Å². The van der Waals surface area contributed by atoms with Crippen LogP contribution in [0.1, 0.15) is 28.5 Å². The average molecular weight is 361 g/mol. The van der Waals surface area contributed by atoms with Crippen LogP contribution in [0.25, 0.3) is 10.9 Å². The van der Waals surface area contributed by atoms with Crippen molar-refractivity contribution in [3.05, 3.63) is 41.1 Å². The summed E-state index contributed by atoms with van der Waals surface area (Å²) >= 11 is 0. The van der Waals surface area contributed by atoms with Crippen LogP contribution >= 0.6 is 0 Å². The van der Waals surface area contributed by atoms with E-state index < -0.39 is 10.0 Å². The van der Waals surface area contributed by atoms with E-state index in [1.54, 1.807) is 4.90 Å². The molecule has 1 saturated heterocycles. The maximum Gasteiger partial charge on any atom is 0.254 e. The molecule has 1 aromatic heterocycles. The van der Waals surface area contributed by atoms with E-state index in [1.807, 2.05) is 31.2 Å². The Kier molecular flexibility index (Phi) is 4.79. The molecule has 0 spiro atoms. The van der Waals surface area contributed by atoms with E-state index in [1.165, 1.54) is 10.6 Å². The minimum atomic E-state index is -3.20. The van der Waals surface area contributed by atoms with Crippen molar-refractivity contribution >= 4 is 26.8 Å². The van der Waals surface area contributed by atoms with Crippen molar-refractivity contribution in [3.63, 3.8) is 0 Å². The number of pyridine rings is 1. The molecule has 0 radical (unpaired) electrons. The summed E-state index contributed by atoms with van der Waals surface area (Å²) in [5.74, 6) is -0.0584. The Labute approximate surface area is 148 Å². The summed E-state index contributed by atoms with van der Waals surface area (Å²) in [5, 5.41) is 0.862. The highest BCUT2D eigenvalue weighted by Crippen LogP contribution is 2.23. The summed E-state index contributed by atoms with van der Waals surface area (Å²) in [6.45, 7) is 5.45. The molecular formula is C18H23N3O3S. The Balaban J connectivity index is 1.92. The molecule has 0 atom stereocenters. The highest BCUT2D eigenvalue weighted by atomic mass is 32.2. The number of aromatic nitrogens is 1. The molecule has 1 aromatic carbocycles. The molecular weight excluding hydrogens is 338 g/mol. The van der Waals surface area contributed by atoms with Crippen LogP contribution < -0.4 is 0 Å².